The topological polar surface area (TPSA) is 77.7 Å². The van der Waals surface area contributed by atoms with Gasteiger partial charge in [-0.2, -0.15) is 4.98 Å². The van der Waals surface area contributed by atoms with E-state index in [9.17, 15) is 4.79 Å². The number of ether oxygens (including phenoxy) is 2. The van der Waals surface area contributed by atoms with Gasteiger partial charge in [0.1, 0.15) is 5.75 Å². The summed E-state index contributed by atoms with van der Waals surface area (Å²) in [6.07, 6.45) is 4.57. The molecule has 29 heavy (non-hydrogen) atoms. The number of rotatable bonds is 5. The lowest BCUT2D eigenvalue weighted by atomic mass is 9.78. The molecule has 2 saturated heterocycles. The first-order chi connectivity index (χ1) is 14.0. The first-order valence-electron chi connectivity index (χ1n) is 10.4. The maximum Gasteiger partial charge on any atom is 0.260 e. The third-order valence-electron chi connectivity index (χ3n) is 6.02. The second-order valence-corrected chi connectivity index (χ2v) is 8.31. The Labute approximate surface area is 171 Å². The molecule has 156 valence electrons. The molecule has 0 aliphatic carbocycles. The molecule has 2 aliphatic heterocycles. The molecule has 7 nitrogen and oxygen atoms in total. The van der Waals surface area contributed by atoms with Crippen LogP contribution in [-0.2, 0) is 16.0 Å². The van der Waals surface area contributed by atoms with Crippen LogP contribution in [-0.4, -0.2) is 52.9 Å². The number of hydrogen-bond donors (Lipinski definition) is 0. The highest BCUT2D eigenvalue weighted by Crippen LogP contribution is 2.38. The highest BCUT2D eigenvalue weighted by molar-refractivity contribution is 5.77. The lowest BCUT2D eigenvalue weighted by Crippen LogP contribution is -2.51. The summed E-state index contributed by atoms with van der Waals surface area (Å²) in [4.78, 5) is 18.8. The molecule has 0 N–H and O–H groups in total. The Balaban J connectivity index is 1.27. The Morgan fingerprint density at radius 3 is 2.86 bits per heavy atom. The lowest BCUT2D eigenvalue weighted by Gasteiger charge is -2.46. The number of aryl methyl sites for hydroxylation is 2. The monoisotopic (exact) mass is 399 g/mol. The summed E-state index contributed by atoms with van der Waals surface area (Å²) in [5.41, 5.74) is 0.991. The van der Waals surface area contributed by atoms with E-state index >= 15 is 0 Å². The largest absolute Gasteiger partial charge is 0.484 e. The van der Waals surface area contributed by atoms with Crippen molar-refractivity contribution in [2.75, 3.05) is 26.3 Å². The van der Waals surface area contributed by atoms with Crippen LogP contribution in [0, 0.1) is 19.8 Å². The van der Waals surface area contributed by atoms with Crippen LogP contribution in [0.4, 0.5) is 0 Å². The number of likely N-dealkylation sites (tertiary alicyclic amines) is 1. The first-order valence-corrected chi connectivity index (χ1v) is 10.4. The second-order valence-electron chi connectivity index (χ2n) is 8.31. The summed E-state index contributed by atoms with van der Waals surface area (Å²) in [5.74, 6) is 2.66. The van der Waals surface area contributed by atoms with Crippen LogP contribution in [0.5, 0.6) is 5.75 Å². The van der Waals surface area contributed by atoms with Gasteiger partial charge in [0.05, 0.1) is 5.60 Å². The van der Waals surface area contributed by atoms with Crippen LogP contribution in [0.25, 0.3) is 0 Å². The van der Waals surface area contributed by atoms with Crippen molar-refractivity contribution in [2.45, 2.75) is 51.6 Å². The Bertz CT molecular complexity index is 842. The van der Waals surface area contributed by atoms with E-state index in [-0.39, 0.29) is 18.1 Å². The molecule has 1 unspecified atom stereocenters. The molecule has 1 aromatic carbocycles. The van der Waals surface area contributed by atoms with Crippen molar-refractivity contribution in [3.05, 3.63) is 41.5 Å². The fourth-order valence-corrected chi connectivity index (χ4v) is 4.44. The van der Waals surface area contributed by atoms with Crippen molar-refractivity contribution in [2.24, 2.45) is 5.92 Å². The number of aromatic nitrogens is 2. The molecule has 0 saturated carbocycles. The smallest absolute Gasteiger partial charge is 0.260 e. The third-order valence-corrected chi connectivity index (χ3v) is 6.02. The van der Waals surface area contributed by atoms with Gasteiger partial charge in [-0.3, -0.25) is 4.79 Å². The normalized spacial score (nSPS) is 21.3. The SMILES string of the molecule is Cc1cccc(OCC(=O)N2CCC3(CC2)CC(Cc2noc(C)n2)CCO3)c1. The molecular weight excluding hydrogens is 370 g/mol. The summed E-state index contributed by atoms with van der Waals surface area (Å²) < 4.78 is 17.0. The Morgan fingerprint density at radius 2 is 2.14 bits per heavy atom. The number of carbonyl (C=O) groups excluding carboxylic acids is 1. The maximum atomic E-state index is 12.6. The van der Waals surface area contributed by atoms with Crippen LogP contribution in [0.3, 0.4) is 0 Å². The minimum atomic E-state index is -0.129. The quantitative estimate of drug-likeness (QED) is 0.769. The lowest BCUT2D eigenvalue weighted by molar-refractivity contribution is -0.148. The van der Waals surface area contributed by atoms with E-state index in [0.29, 0.717) is 24.9 Å². The van der Waals surface area contributed by atoms with Crippen LogP contribution in [0.1, 0.15) is 43.0 Å². The van der Waals surface area contributed by atoms with E-state index < -0.39 is 0 Å². The number of amides is 1. The molecule has 1 atom stereocenters. The summed E-state index contributed by atoms with van der Waals surface area (Å²) in [5, 5.41) is 4.04. The van der Waals surface area contributed by atoms with Gasteiger partial charge in [-0.15, -0.1) is 0 Å². The summed E-state index contributed by atoms with van der Waals surface area (Å²) in [7, 11) is 0. The molecule has 2 fully saturated rings. The molecule has 0 radical (unpaired) electrons. The van der Waals surface area contributed by atoms with Crippen molar-refractivity contribution >= 4 is 5.91 Å². The first kappa shape index (κ1) is 19.9. The van der Waals surface area contributed by atoms with Gasteiger partial charge in [-0.05, 0) is 56.2 Å². The highest BCUT2D eigenvalue weighted by Gasteiger charge is 2.41. The number of benzene rings is 1. The van der Waals surface area contributed by atoms with Gasteiger partial charge in [0, 0.05) is 33.0 Å². The van der Waals surface area contributed by atoms with Gasteiger partial charge in [0.2, 0.25) is 5.89 Å². The van der Waals surface area contributed by atoms with Crippen LogP contribution in [0.2, 0.25) is 0 Å². The van der Waals surface area contributed by atoms with Crippen molar-refractivity contribution in [1.82, 2.24) is 15.0 Å². The van der Waals surface area contributed by atoms with E-state index in [2.05, 4.69) is 10.1 Å². The summed E-state index contributed by atoms with van der Waals surface area (Å²) >= 11 is 0. The van der Waals surface area contributed by atoms with Gasteiger partial charge in [0.25, 0.3) is 5.91 Å². The minimum absolute atomic E-state index is 0.0380. The number of carbonyl (C=O) groups is 1. The zero-order chi connectivity index (χ0) is 20.3. The van der Waals surface area contributed by atoms with E-state index in [1.165, 1.54) is 0 Å². The van der Waals surface area contributed by atoms with Crippen molar-refractivity contribution < 1.29 is 18.8 Å². The van der Waals surface area contributed by atoms with Crippen molar-refractivity contribution in [3.63, 3.8) is 0 Å². The average molecular weight is 399 g/mol. The molecule has 1 aromatic heterocycles. The molecule has 4 rings (SSSR count). The van der Waals surface area contributed by atoms with Crippen LogP contribution in [0.15, 0.2) is 28.8 Å². The molecule has 0 bridgehead atoms. The van der Waals surface area contributed by atoms with Crippen molar-refractivity contribution in [1.29, 1.82) is 0 Å². The third kappa shape index (κ3) is 4.96. The van der Waals surface area contributed by atoms with Crippen molar-refractivity contribution in [3.8, 4) is 5.75 Å². The van der Waals surface area contributed by atoms with E-state index in [1.807, 2.05) is 43.0 Å². The van der Waals surface area contributed by atoms with E-state index in [1.54, 1.807) is 0 Å². The molecular formula is C22H29N3O4. The van der Waals surface area contributed by atoms with Crippen LogP contribution >= 0.6 is 0 Å². The highest BCUT2D eigenvalue weighted by atomic mass is 16.5. The molecule has 2 aliphatic rings. The second kappa shape index (κ2) is 8.53. The molecule has 2 aromatic rings. The molecule has 1 spiro atoms. The predicted molar refractivity (Wildman–Crippen MR) is 107 cm³/mol. The molecule has 3 heterocycles. The fourth-order valence-electron chi connectivity index (χ4n) is 4.44. The standard InChI is InChI=1S/C22H29N3O4/c1-16-4-3-5-19(12-16)27-15-21(26)25-9-7-22(8-10-25)14-18(6-11-28-22)13-20-23-17(2)29-24-20/h3-5,12,18H,6-11,13-15H2,1-2H3. The van der Waals surface area contributed by atoms with E-state index in [0.717, 1.165) is 55.8 Å². The Hall–Kier alpha value is -2.41. The van der Waals surface area contributed by atoms with Gasteiger partial charge >= 0.3 is 0 Å². The molecule has 1 amide bonds. The predicted octanol–water partition coefficient (Wildman–Crippen LogP) is 3.10. The zero-order valence-electron chi connectivity index (χ0n) is 17.2. The fraction of sp³-hybridized carbons (Fsp3) is 0.591. The van der Waals surface area contributed by atoms with Gasteiger partial charge in [-0.1, -0.05) is 17.3 Å². The maximum absolute atomic E-state index is 12.6. The summed E-state index contributed by atoms with van der Waals surface area (Å²) in [6.45, 7) is 6.09. The zero-order valence-corrected chi connectivity index (χ0v) is 17.2. The summed E-state index contributed by atoms with van der Waals surface area (Å²) in [6, 6.07) is 7.77. The number of nitrogens with zero attached hydrogens (tertiary/aromatic N) is 3. The minimum Gasteiger partial charge on any atom is -0.484 e. The number of piperidine rings is 1. The Morgan fingerprint density at radius 1 is 1.31 bits per heavy atom. The number of hydrogen-bond acceptors (Lipinski definition) is 6. The average Bonchev–Trinajstić information content (AvgIpc) is 3.11. The molecule has 7 heteroatoms. The van der Waals surface area contributed by atoms with E-state index in [4.69, 9.17) is 14.0 Å². The van der Waals surface area contributed by atoms with Gasteiger partial charge in [-0.25, -0.2) is 0 Å². The van der Waals surface area contributed by atoms with Gasteiger partial charge in [0.15, 0.2) is 12.4 Å². The van der Waals surface area contributed by atoms with Gasteiger partial charge < -0.3 is 18.9 Å². The van der Waals surface area contributed by atoms with Crippen LogP contribution < -0.4 is 4.74 Å². The Kier molecular flexibility index (Phi) is 5.85.